The summed E-state index contributed by atoms with van der Waals surface area (Å²) in [6.45, 7) is 7.42. The molecule has 1 aromatic heterocycles. The van der Waals surface area contributed by atoms with E-state index in [-0.39, 0.29) is 0 Å². The number of nitrogens with zero attached hydrogens (tertiary/aromatic N) is 3. The second-order valence-corrected chi connectivity index (χ2v) is 4.54. The van der Waals surface area contributed by atoms with Crippen LogP contribution in [0.25, 0.3) is 0 Å². The van der Waals surface area contributed by atoms with Crippen molar-refractivity contribution in [1.82, 2.24) is 9.88 Å². The van der Waals surface area contributed by atoms with Crippen molar-refractivity contribution in [2.45, 2.75) is 6.92 Å². The molecular weight excluding hydrogens is 238 g/mol. The molecule has 0 aliphatic carbocycles. The smallest absolute Gasteiger partial charge is 0.171 e. The fourth-order valence-corrected chi connectivity index (χ4v) is 2.22. The average Bonchev–Trinajstić information content (AvgIpc) is 2.39. The third-order valence-electron chi connectivity index (χ3n) is 3.14. The molecule has 0 unspecified atom stereocenters. The summed E-state index contributed by atoms with van der Waals surface area (Å²) in [5, 5.41) is 0.609. The van der Waals surface area contributed by atoms with Gasteiger partial charge in [0, 0.05) is 38.4 Å². The Balaban J connectivity index is 2.12. The minimum atomic E-state index is 0.609. The zero-order chi connectivity index (χ0) is 12.3. The maximum atomic E-state index is 5.91. The van der Waals surface area contributed by atoms with E-state index in [1.807, 2.05) is 6.07 Å². The molecule has 4 nitrogen and oxygen atoms in total. The van der Waals surface area contributed by atoms with Crippen LogP contribution in [0.4, 0.5) is 5.82 Å². The number of pyridine rings is 1. The van der Waals surface area contributed by atoms with Crippen molar-refractivity contribution < 1.29 is 4.74 Å². The van der Waals surface area contributed by atoms with E-state index in [2.05, 4.69) is 21.7 Å². The molecule has 1 aliphatic heterocycles. The fourth-order valence-electron chi connectivity index (χ4n) is 2.08. The summed E-state index contributed by atoms with van der Waals surface area (Å²) in [6.07, 6.45) is 1.67. The van der Waals surface area contributed by atoms with Gasteiger partial charge in [-0.1, -0.05) is 18.5 Å². The van der Waals surface area contributed by atoms with Gasteiger partial charge >= 0.3 is 0 Å². The van der Waals surface area contributed by atoms with E-state index in [9.17, 15) is 0 Å². The number of rotatable bonds is 3. The maximum absolute atomic E-state index is 5.91. The Labute approximate surface area is 107 Å². The molecule has 94 valence electrons. The number of hydrogen-bond donors (Lipinski definition) is 0. The highest BCUT2D eigenvalue weighted by Gasteiger charge is 2.19. The van der Waals surface area contributed by atoms with Crippen molar-refractivity contribution in [2.24, 2.45) is 0 Å². The Bertz CT molecular complexity index is 378. The van der Waals surface area contributed by atoms with Gasteiger partial charge in [0.05, 0.1) is 12.1 Å². The molecule has 0 amide bonds. The van der Waals surface area contributed by atoms with Gasteiger partial charge in [0.1, 0.15) is 0 Å². The molecule has 0 spiro atoms. The SMILES string of the molecule is CCN1CCN(c2ncc(Cl)cc2OC)CC1. The van der Waals surface area contributed by atoms with Crippen molar-refractivity contribution in [1.29, 1.82) is 0 Å². The van der Waals surface area contributed by atoms with Gasteiger partial charge in [-0.25, -0.2) is 4.98 Å². The molecule has 0 atom stereocenters. The molecule has 17 heavy (non-hydrogen) atoms. The van der Waals surface area contributed by atoms with E-state index in [0.717, 1.165) is 44.3 Å². The van der Waals surface area contributed by atoms with Crippen LogP contribution >= 0.6 is 11.6 Å². The summed E-state index contributed by atoms with van der Waals surface area (Å²) in [5.74, 6) is 1.65. The van der Waals surface area contributed by atoms with Crippen molar-refractivity contribution in [2.75, 3.05) is 44.7 Å². The first-order valence-electron chi connectivity index (χ1n) is 5.91. The lowest BCUT2D eigenvalue weighted by Crippen LogP contribution is -2.46. The van der Waals surface area contributed by atoms with Gasteiger partial charge in [0.2, 0.25) is 0 Å². The molecule has 1 aliphatic rings. The van der Waals surface area contributed by atoms with Crippen molar-refractivity contribution >= 4 is 17.4 Å². The van der Waals surface area contributed by atoms with Gasteiger partial charge in [0.15, 0.2) is 11.6 Å². The first-order chi connectivity index (χ1) is 8.24. The molecule has 1 fully saturated rings. The molecule has 1 saturated heterocycles. The zero-order valence-corrected chi connectivity index (χ0v) is 11.1. The number of likely N-dealkylation sites (N-methyl/N-ethyl adjacent to an activating group) is 1. The van der Waals surface area contributed by atoms with Gasteiger partial charge in [-0.3, -0.25) is 0 Å². The highest BCUT2D eigenvalue weighted by atomic mass is 35.5. The first kappa shape index (κ1) is 12.5. The Morgan fingerprint density at radius 3 is 2.65 bits per heavy atom. The summed E-state index contributed by atoms with van der Waals surface area (Å²) in [5.41, 5.74) is 0. The van der Waals surface area contributed by atoms with E-state index < -0.39 is 0 Å². The summed E-state index contributed by atoms with van der Waals surface area (Å²) in [4.78, 5) is 9.05. The molecule has 1 aromatic rings. The van der Waals surface area contributed by atoms with E-state index in [1.54, 1.807) is 13.3 Å². The third kappa shape index (κ3) is 2.82. The average molecular weight is 256 g/mol. The molecule has 0 bridgehead atoms. The molecule has 0 N–H and O–H groups in total. The van der Waals surface area contributed by atoms with Gasteiger partial charge in [-0.15, -0.1) is 0 Å². The van der Waals surface area contributed by atoms with Crippen molar-refractivity contribution in [3.05, 3.63) is 17.3 Å². The quantitative estimate of drug-likeness (QED) is 0.825. The Morgan fingerprint density at radius 1 is 1.35 bits per heavy atom. The van der Waals surface area contributed by atoms with Gasteiger partial charge in [-0.05, 0) is 6.54 Å². The minimum absolute atomic E-state index is 0.609. The van der Waals surface area contributed by atoms with E-state index in [1.165, 1.54) is 0 Å². The number of methoxy groups -OCH3 is 1. The lowest BCUT2D eigenvalue weighted by atomic mass is 10.3. The van der Waals surface area contributed by atoms with E-state index in [0.29, 0.717) is 5.02 Å². The molecule has 0 radical (unpaired) electrons. The van der Waals surface area contributed by atoms with Crippen LogP contribution in [-0.4, -0.2) is 49.7 Å². The summed E-state index contributed by atoms with van der Waals surface area (Å²) in [6, 6.07) is 1.82. The molecular formula is C12H18ClN3O. The summed E-state index contributed by atoms with van der Waals surface area (Å²) < 4.78 is 5.33. The highest BCUT2D eigenvalue weighted by Crippen LogP contribution is 2.28. The van der Waals surface area contributed by atoms with Crippen LogP contribution in [0.2, 0.25) is 5.02 Å². The largest absolute Gasteiger partial charge is 0.493 e. The molecule has 5 heteroatoms. The number of hydrogen-bond acceptors (Lipinski definition) is 4. The van der Waals surface area contributed by atoms with Crippen LogP contribution in [0, 0.1) is 0 Å². The zero-order valence-electron chi connectivity index (χ0n) is 10.3. The van der Waals surface area contributed by atoms with Gasteiger partial charge in [-0.2, -0.15) is 0 Å². The number of halogens is 1. The second kappa shape index (κ2) is 5.56. The predicted molar refractivity (Wildman–Crippen MR) is 70.1 cm³/mol. The van der Waals surface area contributed by atoms with Crippen molar-refractivity contribution in [3.8, 4) is 5.75 Å². The van der Waals surface area contributed by atoms with E-state index >= 15 is 0 Å². The normalized spacial score (nSPS) is 17.2. The number of piperazine rings is 1. The highest BCUT2D eigenvalue weighted by molar-refractivity contribution is 6.30. The third-order valence-corrected chi connectivity index (χ3v) is 3.35. The standard InChI is InChI=1S/C12H18ClN3O/c1-3-15-4-6-16(7-5-15)12-11(17-2)8-10(13)9-14-12/h8-9H,3-7H2,1-2H3. The van der Waals surface area contributed by atoms with Crippen LogP contribution < -0.4 is 9.64 Å². The van der Waals surface area contributed by atoms with Crippen LogP contribution in [0.1, 0.15) is 6.92 Å². The fraction of sp³-hybridized carbons (Fsp3) is 0.583. The molecule has 0 aromatic carbocycles. The lowest BCUT2D eigenvalue weighted by Gasteiger charge is -2.35. The number of anilines is 1. The van der Waals surface area contributed by atoms with Crippen LogP contribution in [0.15, 0.2) is 12.3 Å². The monoisotopic (exact) mass is 255 g/mol. The maximum Gasteiger partial charge on any atom is 0.171 e. The predicted octanol–water partition coefficient (Wildman–Crippen LogP) is 1.89. The summed E-state index contributed by atoms with van der Waals surface area (Å²) in [7, 11) is 1.65. The van der Waals surface area contributed by atoms with Crippen LogP contribution in [0.5, 0.6) is 5.75 Å². The minimum Gasteiger partial charge on any atom is -0.493 e. The molecule has 2 heterocycles. The Hall–Kier alpha value is -1.00. The van der Waals surface area contributed by atoms with E-state index in [4.69, 9.17) is 16.3 Å². The molecule has 2 rings (SSSR count). The van der Waals surface area contributed by atoms with Crippen LogP contribution in [-0.2, 0) is 0 Å². The van der Waals surface area contributed by atoms with Crippen molar-refractivity contribution in [3.63, 3.8) is 0 Å². The number of ether oxygens (including phenoxy) is 1. The second-order valence-electron chi connectivity index (χ2n) is 4.10. The number of aromatic nitrogens is 1. The lowest BCUT2D eigenvalue weighted by molar-refractivity contribution is 0.269. The Morgan fingerprint density at radius 2 is 2.06 bits per heavy atom. The van der Waals surface area contributed by atoms with Gasteiger partial charge in [0.25, 0.3) is 0 Å². The van der Waals surface area contributed by atoms with Gasteiger partial charge < -0.3 is 14.5 Å². The molecule has 0 saturated carbocycles. The summed E-state index contributed by atoms with van der Waals surface area (Å²) >= 11 is 5.91. The Kier molecular flexibility index (Phi) is 4.07. The van der Waals surface area contributed by atoms with Crippen LogP contribution in [0.3, 0.4) is 0 Å². The topological polar surface area (TPSA) is 28.6 Å². The first-order valence-corrected chi connectivity index (χ1v) is 6.29.